The Morgan fingerprint density at radius 2 is 1.29 bits per heavy atom. The quantitative estimate of drug-likeness (QED) is 0.0307. The highest BCUT2D eigenvalue weighted by atomic mass is 16.7. The molecule has 0 aromatic heterocycles. The highest BCUT2D eigenvalue weighted by Gasteiger charge is 2.37. The van der Waals surface area contributed by atoms with Crippen molar-refractivity contribution in [2.75, 3.05) is 33.9 Å². The average molecular weight is 1090 g/mol. The number of amides is 6. The summed E-state index contributed by atoms with van der Waals surface area (Å²) in [5, 5.41) is 13.3. The van der Waals surface area contributed by atoms with E-state index in [0.29, 0.717) is 5.56 Å². The van der Waals surface area contributed by atoms with E-state index in [1.54, 1.807) is 98.7 Å². The van der Waals surface area contributed by atoms with E-state index in [4.69, 9.17) is 28.4 Å². The Morgan fingerprint density at radius 3 is 1.89 bits per heavy atom. The Labute approximate surface area is 462 Å². The molecule has 20 nitrogen and oxygen atoms in total. The number of esters is 1. The number of aryl methyl sites for hydroxylation is 1. The third kappa shape index (κ3) is 18.8. The number of alkyl carbamates (subject to hydrolysis) is 2. The van der Waals surface area contributed by atoms with Crippen molar-refractivity contribution in [2.24, 2.45) is 0 Å². The Morgan fingerprint density at radius 1 is 0.709 bits per heavy atom. The molecule has 5 rings (SSSR count). The van der Waals surface area contributed by atoms with Crippen molar-refractivity contribution in [1.29, 1.82) is 0 Å². The molecule has 1 heterocycles. The number of unbranched alkanes of at least 4 members (excludes halogenated alkanes) is 1. The number of methoxy groups -OCH3 is 1. The van der Waals surface area contributed by atoms with Gasteiger partial charge in [-0.25, -0.2) is 19.2 Å². The summed E-state index contributed by atoms with van der Waals surface area (Å²) in [6.07, 6.45) is 0.356. The first kappa shape index (κ1) is 61.7. The van der Waals surface area contributed by atoms with Crippen LogP contribution in [-0.2, 0) is 51.0 Å². The molecule has 0 radical (unpaired) electrons. The maximum absolute atomic E-state index is 15.1. The fraction of sp³-hybridized carbons (Fsp3) is 0.458. The number of rotatable bonds is 16. The summed E-state index contributed by atoms with van der Waals surface area (Å²) in [4.78, 5) is 111. The number of ether oxygens (including phenoxy) is 6. The molecular weight excluding hydrogens is 1020 g/mol. The van der Waals surface area contributed by atoms with Crippen LogP contribution in [-0.4, -0.2) is 122 Å². The van der Waals surface area contributed by atoms with Gasteiger partial charge in [0.1, 0.15) is 59.1 Å². The topological polar surface area (TPSA) is 255 Å². The summed E-state index contributed by atoms with van der Waals surface area (Å²) < 4.78 is 33.5. The molecule has 4 aromatic carbocycles. The molecule has 79 heavy (non-hydrogen) atoms. The van der Waals surface area contributed by atoms with Crippen LogP contribution in [0, 0.1) is 0 Å². The maximum atomic E-state index is 15.1. The van der Waals surface area contributed by atoms with Crippen molar-refractivity contribution < 1.29 is 66.8 Å². The van der Waals surface area contributed by atoms with Gasteiger partial charge in [-0.15, -0.1) is 0 Å². The van der Waals surface area contributed by atoms with Gasteiger partial charge in [-0.1, -0.05) is 61.9 Å². The number of carbonyl (C=O) groups is 8. The van der Waals surface area contributed by atoms with Crippen LogP contribution in [0.1, 0.15) is 122 Å². The molecule has 0 aliphatic carbocycles. The zero-order valence-corrected chi connectivity index (χ0v) is 47.5. The second-order valence-electron chi connectivity index (χ2n) is 22.1. The number of hydrogen-bond donors (Lipinski definition) is 5. The summed E-state index contributed by atoms with van der Waals surface area (Å²) in [6.45, 7) is 18.0. The number of benzene rings is 4. The van der Waals surface area contributed by atoms with Crippen LogP contribution in [0.5, 0.6) is 11.5 Å². The van der Waals surface area contributed by atoms with Crippen LogP contribution >= 0.6 is 0 Å². The third-order valence-electron chi connectivity index (χ3n) is 11.9. The smallest absolute Gasteiger partial charge is 0.491 e. The molecule has 0 fully saturated rings. The minimum absolute atomic E-state index is 0.0281. The summed E-state index contributed by atoms with van der Waals surface area (Å²) >= 11 is 0. The van der Waals surface area contributed by atoms with Gasteiger partial charge >= 0.3 is 24.3 Å². The van der Waals surface area contributed by atoms with Gasteiger partial charge in [-0.3, -0.25) is 19.2 Å². The third-order valence-corrected chi connectivity index (χ3v) is 11.9. The lowest BCUT2D eigenvalue weighted by Gasteiger charge is -2.33. The van der Waals surface area contributed by atoms with Crippen LogP contribution in [0.4, 0.5) is 14.4 Å². The lowest BCUT2D eigenvalue weighted by atomic mass is 9.93. The molecule has 4 atom stereocenters. The second kappa shape index (κ2) is 26.9. The predicted molar refractivity (Wildman–Crippen MR) is 295 cm³/mol. The van der Waals surface area contributed by atoms with Gasteiger partial charge in [0.05, 0.1) is 20.2 Å². The minimum atomic E-state index is -1.62. The number of hydrogen-bond acceptors (Lipinski definition) is 14. The van der Waals surface area contributed by atoms with E-state index in [1.165, 1.54) is 43.8 Å². The van der Waals surface area contributed by atoms with Gasteiger partial charge in [0.15, 0.2) is 0 Å². The van der Waals surface area contributed by atoms with E-state index < -0.39 is 95.5 Å². The van der Waals surface area contributed by atoms with Gasteiger partial charge in [0, 0.05) is 30.2 Å². The van der Waals surface area contributed by atoms with Crippen LogP contribution in [0.15, 0.2) is 84.9 Å². The standard InChI is InChI=1S/C59H76N6O14/c1-14-15-16-36-17-20-38(21-18-36)39-22-24-40(25-23-39)50(67)64-45(34-61-55(72)78-58(6,7)8)52(69)65(12)48-41-26-28-46(75-30-29-60-54(71)77-57(3,4)5)43(33-41)42-31-37(19-27-47(42)76-56(73)79-59(9,10)11)32-44(53(70)74-13)63-49(66)35(2)62-51(48)68/h17-28,31,33,35,44-45,48H,14-16,29-30,32,34H2,1-13H3,(H,60,71)(H,61,72)(H,62,68)(H,63,66)(H,64,67)/t35-,44-,45-,48-/m0/s1. The molecule has 0 spiro atoms. The molecule has 0 saturated heterocycles. The Hall–Kier alpha value is -8.16. The van der Waals surface area contributed by atoms with Gasteiger partial charge in [0.2, 0.25) is 17.7 Å². The van der Waals surface area contributed by atoms with E-state index >= 15 is 4.79 Å². The molecule has 426 valence electrons. The number of fused-ring (bicyclic) bond motifs is 5. The molecule has 6 amide bonds. The van der Waals surface area contributed by atoms with Crippen LogP contribution in [0.3, 0.4) is 0 Å². The van der Waals surface area contributed by atoms with E-state index in [-0.39, 0.29) is 53.3 Å². The molecule has 0 saturated carbocycles. The predicted octanol–water partition coefficient (Wildman–Crippen LogP) is 8.12. The fourth-order valence-electron chi connectivity index (χ4n) is 8.20. The first-order valence-corrected chi connectivity index (χ1v) is 26.2. The Bertz CT molecular complexity index is 2830. The van der Waals surface area contributed by atoms with Crippen molar-refractivity contribution in [2.45, 2.75) is 143 Å². The van der Waals surface area contributed by atoms with Gasteiger partial charge in [-0.2, -0.15) is 0 Å². The summed E-state index contributed by atoms with van der Waals surface area (Å²) in [5.74, 6) is -3.91. The monoisotopic (exact) mass is 1090 g/mol. The molecule has 1 aliphatic rings. The first-order chi connectivity index (χ1) is 37.0. The number of carbonyl (C=O) groups excluding carboxylic acids is 8. The highest BCUT2D eigenvalue weighted by molar-refractivity contribution is 6.00. The molecule has 5 N–H and O–H groups in total. The number of likely N-dealkylation sites (N-methyl/N-ethyl adjacent to an activating group) is 1. The lowest BCUT2D eigenvalue weighted by molar-refractivity contribution is -0.145. The molecular formula is C59H76N6O14. The molecule has 4 bridgehead atoms. The van der Waals surface area contributed by atoms with Gasteiger partial charge in [-0.05, 0) is 146 Å². The van der Waals surface area contributed by atoms with Crippen molar-refractivity contribution in [3.05, 3.63) is 107 Å². The van der Waals surface area contributed by atoms with Crippen molar-refractivity contribution in [1.82, 2.24) is 31.5 Å². The average Bonchev–Trinajstić information content (AvgIpc) is 3.40. The molecule has 0 unspecified atom stereocenters. The SMILES string of the molecule is CCCCc1ccc(-c2ccc(C(=O)N[C@@H](CNC(=O)OC(C)(C)C)C(=O)N(C)[C@@H]3C(=O)N[C@@H](C)C(=O)N[C@H](C(=O)OC)Cc4ccc(OC(=O)OC(C)(C)C)c(c4)-c4cc3ccc4OCCNC(=O)OC(C)(C)C)cc2)cc1. The van der Waals surface area contributed by atoms with E-state index in [0.717, 1.165) is 42.4 Å². The summed E-state index contributed by atoms with van der Waals surface area (Å²) in [7, 11) is 2.47. The normalized spacial score (nSPS) is 16.0. The lowest BCUT2D eigenvalue weighted by Crippen LogP contribution is -2.56. The zero-order valence-electron chi connectivity index (χ0n) is 47.5. The van der Waals surface area contributed by atoms with E-state index in [9.17, 15) is 33.6 Å². The van der Waals surface area contributed by atoms with Gasteiger partial charge in [0.25, 0.3) is 5.91 Å². The molecule has 1 aliphatic heterocycles. The number of nitrogens with one attached hydrogen (secondary N) is 5. The Balaban J connectivity index is 1.63. The maximum Gasteiger partial charge on any atom is 0.514 e. The second-order valence-corrected chi connectivity index (χ2v) is 22.1. The van der Waals surface area contributed by atoms with Crippen LogP contribution < -0.4 is 36.1 Å². The zero-order chi connectivity index (χ0) is 58.4. The van der Waals surface area contributed by atoms with Crippen molar-refractivity contribution in [3.8, 4) is 33.8 Å². The summed E-state index contributed by atoms with van der Waals surface area (Å²) in [6, 6.07) is 18.4. The summed E-state index contributed by atoms with van der Waals surface area (Å²) in [5.41, 5.74) is 1.49. The molecule has 20 heteroatoms. The largest absolute Gasteiger partial charge is 0.514 e. The van der Waals surface area contributed by atoms with E-state index in [1.807, 2.05) is 12.1 Å². The minimum Gasteiger partial charge on any atom is -0.491 e. The molecule has 4 aromatic rings. The van der Waals surface area contributed by atoms with Crippen LogP contribution in [0.25, 0.3) is 22.3 Å². The Kier molecular flexibility index (Phi) is 21.0. The highest BCUT2D eigenvalue weighted by Crippen LogP contribution is 2.40. The van der Waals surface area contributed by atoms with Crippen molar-refractivity contribution in [3.63, 3.8) is 0 Å². The first-order valence-electron chi connectivity index (χ1n) is 26.2. The van der Waals surface area contributed by atoms with Gasteiger partial charge < -0.3 is 59.9 Å². The fourth-order valence-corrected chi connectivity index (χ4v) is 8.20. The van der Waals surface area contributed by atoms with E-state index in [2.05, 4.69) is 45.6 Å². The van der Waals surface area contributed by atoms with Crippen LogP contribution in [0.2, 0.25) is 0 Å². The van der Waals surface area contributed by atoms with Crippen molar-refractivity contribution >= 4 is 47.9 Å². The number of nitrogens with zero attached hydrogens (tertiary/aromatic N) is 1.